The molecule has 0 amide bonds. The maximum absolute atomic E-state index is 9.68. The van der Waals surface area contributed by atoms with Crippen molar-refractivity contribution in [2.24, 2.45) is 46.3 Å². The molecule has 58 heavy (non-hydrogen) atoms. The van der Waals surface area contributed by atoms with Crippen LogP contribution in [0.4, 0.5) is 0 Å². The molecular formula is C54H97NO3. The molecule has 7 unspecified atom stereocenters. The Hall–Kier alpha value is -0.940. The van der Waals surface area contributed by atoms with Gasteiger partial charge in [-0.05, 0) is 176 Å². The standard InChI is InChI=1S/C54H97NO3/c1-10-12-13-14-15-16-17-18-19-20-21-22-23-30-50(55(8)9)51(31-24-25-40-56)58-52(27-11-2)57-45-36-38-53(6)44(41-45)32-33-46-48-35-34-47(43(5)29-26-28-42(3)4)54(48,7)39-37-49(46)53/h15-16,18-19,32,42-43,45-52,56H,10-14,17,20-31,33-41H2,1-9H3/b16-15-,19-18-/t43-,45?,46?,47-,48?,49?,50?,51?,52?,53+,54-/m1/s1. The second-order valence-electron chi connectivity index (χ2n) is 21.2. The summed E-state index contributed by atoms with van der Waals surface area (Å²) in [6.07, 6.45) is 44.4. The number of unbranched alkanes of at least 4 members (excludes halogenated alkanes) is 7. The fourth-order valence-electron chi connectivity index (χ4n) is 13.0. The Bertz CT molecular complexity index is 1210. The van der Waals surface area contributed by atoms with Crippen LogP contribution in [0.25, 0.3) is 0 Å². The molecule has 0 saturated heterocycles. The Balaban J connectivity index is 1.31. The Morgan fingerprint density at radius 2 is 1.50 bits per heavy atom. The third kappa shape index (κ3) is 14.3. The highest BCUT2D eigenvalue weighted by Crippen LogP contribution is 2.67. The van der Waals surface area contributed by atoms with Crippen molar-refractivity contribution in [3.63, 3.8) is 0 Å². The summed E-state index contributed by atoms with van der Waals surface area (Å²) in [7, 11) is 4.47. The first-order chi connectivity index (χ1) is 28.0. The lowest BCUT2D eigenvalue weighted by Crippen LogP contribution is -2.51. The zero-order valence-electron chi connectivity index (χ0n) is 40.0. The Kier molecular flexibility index (Phi) is 22.2. The van der Waals surface area contributed by atoms with Gasteiger partial charge in [0.15, 0.2) is 6.29 Å². The van der Waals surface area contributed by atoms with Crippen molar-refractivity contribution < 1.29 is 14.6 Å². The van der Waals surface area contributed by atoms with Gasteiger partial charge in [0.25, 0.3) is 0 Å². The first-order valence-corrected chi connectivity index (χ1v) is 25.6. The first kappa shape index (κ1) is 49.7. The number of aliphatic hydroxyl groups excluding tert-OH is 1. The van der Waals surface area contributed by atoms with E-state index in [1.165, 1.54) is 109 Å². The summed E-state index contributed by atoms with van der Waals surface area (Å²) < 4.78 is 14.2. The van der Waals surface area contributed by atoms with Crippen LogP contribution in [-0.2, 0) is 9.47 Å². The van der Waals surface area contributed by atoms with Crippen LogP contribution in [0.3, 0.4) is 0 Å². The van der Waals surface area contributed by atoms with Crippen molar-refractivity contribution in [2.75, 3.05) is 20.7 Å². The number of allylic oxidation sites excluding steroid dienone is 5. The Morgan fingerprint density at radius 3 is 2.19 bits per heavy atom. The highest BCUT2D eigenvalue weighted by molar-refractivity contribution is 5.25. The smallest absolute Gasteiger partial charge is 0.158 e. The summed E-state index contributed by atoms with van der Waals surface area (Å²) >= 11 is 0. The second-order valence-corrected chi connectivity index (χ2v) is 21.2. The van der Waals surface area contributed by atoms with Crippen molar-refractivity contribution in [1.29, 1.82) is 0 Å². The van der Waals surface area contributed by atoms with Crippen LogP contribution in [0.5, 0.6) is 0 Å². The lowest BCUT2D eigenvalue weighted by molar-refractivity contribution is -0.214. The SMILES string of the molecule is CCCCC/C=C\C/C=C\CCCCCC(C(CCCCO)OC(CCC)OC1CC[C@@]2(C)C(=CCC3C2CC[C@@]2(C)C3CC[C@@H]2[C@H](C)CCCC(C)C)C1)N(C)C. The van der Waals surface area contributed by atoms with Crippen LogP contribution >= 0.6 is 0 Å². The van der Waals surface area contributed by atoms with E-state index in [1.807, 2.05) is 0 Å². The molecule has 0 bridgehead atoms. The van der Waals surface area contributed by atoms with E-state index in [2.05, 4.69) is 97.8 Å². The van der Waals surface area contributed by atoms with E-state index >= 15 is 0 Å². The molecule has 4 heteroatoms. The van der Waals surface area contributed by atoms with E-state index < -0.39 is 0 Å². The first-order valence-electron chi connectivity index (χ1n) is 25.6. The highest BCUT2D eigenvalue weighted by Gasteiger charge is 2.59. The topological polar surface area (TPSA) is 41.9 Å². The van der Waals surface area contributed by atoms with Gasteiger partial charge in [-0.2, -0.15) is 0 Å². The normalized spacial score (nSPS) is 30.8. The van der Waals surface area contributed by atoms with E-state index in [9.17, 15) is 5.11 Å². The number of likely N-dealkylation sites (N-methyl/N-ethyl adjacent to an activating group) is 1. The van der Waals surface area contributed by atoms with Gasteiger partial charge in [-0.1, -0.05) is 136 Å². The van der Waals surface area contributed by atoms with Crippen LogP contribution < -0.4 is 0 Å². The van der Waals surface area contributed by atoms with Gasteiger partial charge in [0.2, 0.25) is 0 Å². The van der Waals surface area contributed by atoms with Crippen molar-refractivity contribution in [1.82, 2.24) is 4.90 Å². The van der Waals surface area contributed by atoms with E-state index in [4.69, 9.17) is 9.47 Å². The van der Waals surface area contributed by atoms with Gasteiger partial charge in [-0.15, -0.1) is 0 Å². The number of aliphatic hydroxyl groups is 1. The molecule has 1 N–H and O–H groups in total. The fraction of sp³-hybridized carbons (Fsp3) is 0.889. The molecule has 0 aromatic rings. The number of nitrogens with zero attached hydrogens (tertiary/aromatic N) is 1. The van der Waals surface area contributed by atoms with Crippen molar-refractivity contribution in [3.05, 3.63) is 36.0 Å². The minimum Gasteiger partial charge on any atom is -0.396 e. The number of fused-ring (bicyclic) bond motifs is 5. The maximum Gasteiger partial charge on any atom is 0.158 e. The molecule has 0 spiro atoms. The molecule has 0 aromatic carbocycles. The quantitative estimate of drug-likeness (QED) is 0.0464. The van der Waals surface area contributed by atoms with Crippen LogP contribution in [-0.4, -0.2) is 55.2 Å². The average Bonchev–Trinajstić information content (AvgIpc) is 3.55. The number of hydrogen-bond donors (Lipinski definition) is 1. The van der Waals surface area contributed by atoms with Crippen molar-refractivity contribution in [3.8, 4) is 0 Å². The van der Waals surface area contributed by atoms with Crippen molar-refractivity contribution >= 4 is 0 Å². The minimum atomic E-state index is -0.156. The lowest BCUT2D eigenvalue weighted by Gasteiger charge is -2.58. The number of ether oxygens (including phenoxy) is 2. The molecule has 0 aliphatic heterocycles. The van der Waals surface area contributed by atoms with Gasteiger partial charge >= 0.3 is 0 Å². The zero-order valence-corrected chi connectivity index (χ0v) is 40.0. The average molecular weight is 808 g/mol. The summed E-state index contributed by atoms with van der Waals surface area (Å²) in [6, 6.07) is 0.359. The summed E-state index contributed by atoms with van der Waals surface area (Å²) in [4.78, 5) is 2.41. The molecule has 0 heterocycles. The van der Waals surface area contributed by atoms with Gasteiger partial charge in [0.1, 0.15) is 0 Å². The largest absolute Gasteiger partial charge is 0.396 e. The molecule has 4 nitrogen and oxygen atoms in total. The monoisotopic (exact) mass is 808 g/mol. The highest BCUT2D eigenvalue weighted by atomic mass is 16.7. The number of rotatable bonds is 29. The summed E-state index contributed by atoms with van der Waals surface area (Å²) in [6.45, 7) is 17.6. The van der Waals surface area contributed by atoms with E-state index in [-0.39, 0.29) is 25.1 Å². The maximum atomic E-state index is 9.68. The molecule has 336 valence electrons. The van der Waals surface area contributed by atoms with Gasteiger partial charge in [0.05, 0.1) is 12.2 Å². The Labute approximate surface area is 361 Å². The minimum absolute atomic E-state index is 0.121. The molecule has 0 aromatic heterocycles. The molecular weight excluding hydrogens is 711 g/mol. The molecule has 3 saturated carbocycles. The molecule has 11 atom stereocenters. The predicted octanol–water partition coefficient (Wildman–Crippen LogP) is 15.1. The summed E-state index contributed by atoms with van der Waals surface area (Å²) in [5.74, 6) is 5.27. The summed E-state index contributed by atoms with van der Waals surface area (Å²) in [5.41, 5.74) is 2.61. The molecule has 4 aliphatic rings. The predicted molar refractivity (Wildman–Crippen MR) is 250 cm³/mol. The second kappa shape index (κ2) is 25.9. The van der Waals surface area contributed by atoms with Crippen LogP contribution in [0.15, 0.2) is 36.0 Å². The Morgan fingerprint density at radius 1 is 0.759 bits per heavy atom. The van der Waals surface area contributed by atoms with Crippen LogP contribution in [0.1, 0.15) is 215 Å². The third-order valence-corrected chi connectivity index (χ3v) is 16.4. The summed E-state index contributed by atoms with van der Waals surface area (Å²) in [5, 5.41) is 9.68. The van der Waals surface area contributed by atoms with E-state index in [0.29, 0.717) is 16.9 Å². The fourth-order valence-corrected chi connectivity index (χ4v) is 13.0. The van der Waals surface area contributed by atoms with E-state index in [1.54, 1.807) is 5.57 Å². The van der Waals surface area contributed by atoms with Gasteiger partial charge in [-0.25, -0.2) is 0 Å². The zero-order chi connectivity index (χ0) is 42.0. The molecule has 4 aliphatic carbocycles. The molecule has 0 radical (unpaired) electrons. The molecule has 4 rings (SSSR count). The van der Waals surface area contributed by atoms with E-state index in [0.717, 1.165) is 93.3 Å². The van der Waals surface area contributed by atoms with Gasteiger partial charge < -0.3 is 19.5 Å². The van der Waals surface area contributed by atoms with Crippen LogP contribution in [0.2, 0.25) is 0 Å². The van der Waals surface area contributed by atoms with Crippen molar-refractivity contribution in [2.45, 2.75) is 240 Å². The van der Waals surface area contributed by atoms with Crippen LogP contribution in [0, 0.1) is 46.3 Å². The van der Waals surface area contributed by atoms with Gasteiger partial charge in [-0.3, -0.25) is 0 Å². The molecule has 3 fully saturated rings. The third-order valence-electron chi connectivity index (χ3n) is 16.4. The lowest BCUT2D eigenvalue weighted by atomic mass is 9.47. The van der Waals surface area contributed by atoms with Gasteiger partial charge in [0, 0.05) is 12.6 Å². The number of hydrogen-bond acceptors (Lipinski definition) is 4.